The number of carbonyl (C=O) groups excluding carboxylic acids is 4. The molecular weight excluding hydrogens is 476 g/mol. The quantitative estimate of drug-likeness (QED) is 0.150. The Morgan fingerprint density at radius 1 is 0.973 bits per heavy atom. The molecule has 9 nitrogen and oxygen atoms in total. The number of carbonyl (C=O) groups is 4. The van der Waals surface area contributed by atoms with Crippen LogP contribution in [0, 0.1) is 0 Å². The van der Waals surface area contributed by atoms with Gasteiger partial charge in [-0.2, -0.15) is 0 Å². The number of nitrogens with one attached hydrogen (secondary N) is 2. The zero-order chi connectivity index (χ0) is 27.8. The van der Waals surface area contributed by atoms with Crippen LogP contribution in [0.5, 0.6) is 5.75 Å². The van der Waals surface area contributed by atoms with Crippen molar-refractivity contribution >= 4 is 23.9 Å². The predicted molar refractivity (Wildman–Crippen MR) is 141 cm³/mol. The highest BCUT2D eigenvalue weighted by molar-refractivity contribution is 5.94. The molecular formula is C28H42N2O7. The van der Waals surface area contributed by atoms with E-state index in [0.29, 0.717) is 6.54 Å². The zero-order valence-electron chi connectivity index (χ0n) is 22.8. The molecule has 0 aliphatic carbocycles. The highest BCUT2D eigenvalue weighted by Gasteiger charge is 2.24. The van der Waals surface area contributed by atoms with Crippen molar-refractivity contribution in [2.45, 2.75) is 90.7 Å². The molecule has 0 aromatic heterocycles. The monoisotopic (exact) mass is 518 g/mol. The van der Waals surface area contributed by atoms with Gasteiger partial charge in [-0.05, 0) is 44.9 Å². The van der Waals surface area contributed by atoms with Gasteiger partial charge >= 0.3 is 18.0 Å². The van der Waals surface area contributed by atoms with E-state index in [1.807, 2.05) is 0 Å². The van der Waals surface area contributed by atoms with Crippen molar-refractivity contribution < 1.29 is 33.4 Å². The Hall–Kier alpha value is -3.36. The van der Waals surface area contributed by atoms with Gasteiger partial charge in [0.1, 0.15) is 17.4 Å². The van der Waals surface area contributed by atoms with Crippen molar-refractivity contribution in [3.63, 3.8) is 0 Å². The van der Waals surface area contributed by atoms with Gasteiger partial charge in [0.25, 0.3) is 0 Å². The summed E-state index contributed by atoms with van der Waals surface area (Å²) in [6.07, 6.45) is 5.91. The number of hydrogen-bond donors (Lipinski definition) is 2. The smallest absolute Gasteiger partial charge is 0.408 e. The van der Waals surface area contributed by atoms with Crippen LogP contribution < -0.4 is 15.4 Å². The van der Waals surface area contributed by atoms with Gasteiger partial charge in [0, 0.05) is 18.5 Å². The van der Waals surface area contributed by atoms with Crippen molar-refractivity contribution in [3.05, 3.63) is 42.0 Å². The van der Waals surface area contributed by atoms with Gasteiger partial charge in [0.2, 0.25) is 5.91 Å². The molecule has 206 valence electrons. The lowest BCUT2D eigenvalue weighted by Crippen LogP contribution is -2.49. The van der Waals surface area contributed by atoms with E-state index in [2.05, 4.69) is 28.9 Å². The highest BCUT2D eigenvalue weighted by Crippen LogP contribution is 2.16. The van der Waals surface area contributed by atoms with E-state index >= 15 is 0 Å². The molecule has 1 atom stereocenters. The van der Waals surface area contributed by atoms with Crippen molar-refractivity contribution in [1.29, 1.82) is 0 Å². The summed E-state index contributed by atoms with van der Waals surface area (Å²) in [7, 11) is 1.22. The fourth-order valence-corrected chi connectivity index (χ4v) is 3.33. The van der Waals surface area contributed by atoms with Gasteiger partial charge in [-0.25, -0.2) is 9.59 Å². The SMILES string of the molecule is C=C(CC(=O)OC)C(=O)Oc1ccc(CC(NC(=O)OC(C)(C)C)C(=O)NCCCCCCCC)cc1. The molecule has 0 bridgehead atoms. The lowest BCUT2D eigenvalue weighted by molar-refractivity contribution is -0.141. The first-order valence-electron chi connectivity index (χ1n) is 12.8. The fourth-order valence-electron chi connectivity index (χ4n) is 3.33. The standard InChI is InChI=1S/C28H42N2O7/c1-7-8-9-10-11-12-17-29-25(32)23(30-27(34)37-28(3,4)5)19-21-13-15-22(16-14-21)36-26(33)20(2)18-24(31)35-6/h13-16,23H,2,7-12,17-19H2,1,3-6H3,(H,29,32)(H,30,34). The van der Waals surface area contributed by atoms with E-state index in [9.17, 15) is 19.2 Å². The van der Waals surface area contributed by atoms with E-state index in [0.717, 1.165) is 24.8 Å². The number of alkyl carbamates (subject to hydrolysis) is 1. The number of benzene rings is 1. The van der Waals surface area contributed by atoms with Crippen molar-refractivity contribution in [1.82, 2.24) is 10.6 Å². The first-order chi connectivity index (χ1) is 17.4. The van der Waals surface area contributed by atoms with Crippen LogP contribution in [0.3, 0.4) is 0 Å². The molecule has 2 N–H and O–H groups in total. The fraction of sp³-hybridized carbons (Fsp3) is 0.571. The Morgan fingerprint density at radius 3 is 2.19 bits per heavy atom. The predicted octanol–water partition coefficient (Wildman–Crippen LogP) is 4.62. The minimum absolute atomic E-state index is 0.0282. The van der Waals surface area contributed by atoms with Crippen molar-refractivity contribution in [2.24, 2.45) is 0 Å². The maximum atomic E-state index is 12.9. The molecule has 2 amide bonds. The van der Waals surface area contributed by atoms with Crippen LogP contribution in [-0.4, -0.2) is 49.2 Å². The number of unbranched alkanes of at least 4 members (excludes halogenated alkanes) is 5. The number of amides is 2. The Balaban J connectivity index is 2.76. The van der Waals surface area contributed by atoms with Gasteiger partial charge in [0.15, 0.2) is 0 Å². The van der Waals surface area contributed by atoms with Crippen LogP contribution in [0.1, 0.15) is 78.2 Å². The normalized spacial score (nSPS) is 11.7. The molecule has 37 heavy (non-hydrogen) atoms. The Bertz CT molecular complexity index is 904. The molecule has 0 spiro atoms. The van der Waals surface area contributed by atoms with Gasteiger partial charge < -0.3 is 24.8 Å². The second kappa shape index (κ2) is 16.4. The van der Waals surface area contributed by atoms with Gasteiger partial charge in [-0.3, -0.25) is 9.59 Å². The molecule has 0 heterocycles. The van der Waals surface area contributed by atoms with E-state index in [1.165, 1.54) is 26.4 Å². The molecule has 0 saturated carbocycles. The molecule has 0 aliphatic heterocycles. The summed E-state index contributed by atoms with van der Waals surface area (Å²) in [5.41, 5.74) is 0.0102. The largest absolute Gasteiger partial charge is 0.469 e. The lowest BCUT2D eigenvalue weighted by Gasteiger charge is -2.23. The number of esters is 2. The maximum absolute atomic E-state index is 12.9. The zero-order valence-corrected chi connectivity index (χ0v) is 22.8. The summed E-state index contributed by atoms with van der Waals surface area (Å²) in [5, 5.41) is 5.57. The Kier molecular flexibility index (Phi) is 14.0. The third kappa shape index (κ3) is 14.1. The number of methoxy groups -OCH3 is 1. The Labute approximate surface area is 220 Å². The molecule has 0 aliphatic rings. The molecule has 1 rings (SSSR count). The van der Waals surface area contributed by atoms with E-state index in [1.54, 1.807) is 45.0 Å². The highest BCUT2D eigenvalue weighted by atomic mass is 16.6. The van der Waals surface area contributed by atoms with Gasteiger partial charge in [-0.1, -0.05) is 57.7 Å². The average molecular weight is 519 g/mol. The summed E-state index contributed by atoms with van der Waals surface area (Å²) < 4.78 is 15.1. The summed E-state index contributed by atoms with van der Waals surface area (Å²) in [6.45, 7) is 11.5. The van der Waals surface area contributed by atoms with Crippen LogP contribution in [0.15, 0.2) is 36.4 Å². The molecule has 1 unspecified atom stereocenters. The Morgan fingerprint density at radius 2 is 1.59 bits per heavy atom. The lowest BCUT2D eigenvalue weighted by atomic mass is 10.0. The first kappa shape index (κ1) is 31.7. The van der Waals surface area contributed by atoms with Crippen LogP contribution >= 0.6 is 0 Å². The third-order valence-electron chi connectivity index (χ3n) is 5.28. The van der Waals surface area contributed by atoms with Crippen LogP contribution in [-0.2, 0) is 30.3 Å². The summed E-state index contributed by atoms with van der Waals surface area (Å²) in [5.74, 6) is -1.37. The van der Waals surface area contributed by atoms with Crippen molar-refractivity contribution in [3.8, 4) is 5.75 Å². The molecule has 1 aromatic carbocycles. The van der Waals surface area contributed by atoms with Crippen LogP contribution in [0.25, 0.3) is 0 Å². The molecule has 0 fully saturated rings. The second-order valence-electron chi connectivity index (χ2n) is 9.85. The third-order valence-corrected chi connectivity index (χ3v) is 5.28. The second-order valence-corrected chi connectivity index (χ2v) is 9.85. The number of hydrogen-bond acceptors (Lipinski definition) is 7. The minimum Gasteiger partial charge on any atom is -0.469 e. The molecule has 9 heteroatoms. The molecule has 1 aromatic rings. The number of ether oxygens (including phenoxy) is 3. The molecule has 0 saturated heterocycles. The summed E-state index contributed by atoms with van der Waals surface area (Å²) in [6, 6.07) is 5.67. The van der Waals surface area contributed by atoms with E-state index in [4.69, 9.17) is 9.47 Å². The topological polar surface area (TPSA) is 120 Å². The van der Waals surface area contributed by atoms with Gasteiger partial charge in [-0.15, -0.1) is 0 Å². The summed E-state index contributed by atoms with van der Waals surface area (Å²) >= 11 is 0. The minimum atomic E-state index is -0.844. The first-order valence-corrected chi connectivity index (χ1v) is 12.8. The number of rotatable bonds is 15. The maximum Gasteiger partial charge on any atom is 0.408 e. The average Bonchev–Trinajstić information content (AvgIpc) is 2.82. The van der Waals surface area contributed by atoms with E-state index in [-0.39, 0.29) is 30.1 Å². The van der Waals surface area contributed by atoms with Crippen LogP contribution in [0.4, 0.5) is 4.79 Å². The van der Waals surface area contributed by atoms with Crippen molar-refractivity contribution in [2.75, 3.05) is 13.7 Å². The molecule has 0 radical (unpaired) electrons. The van der Waals surface area contributed by atoms with Crippen LogP contribution in [0.2, 0.25) is 0 Å². The van der Waals surface area contributed by atoms with E-state index < -0.39 is 29.7 Å². The van der Waals surface area contributed by atoms with Gasteiger partial charge in [0.05, 0.1) is 13.5 Å². The summed E-state index contributed by atoms with van der Waals surface area (Å²) in [4.78, 5) is 48.7.